The lowest BCUT2D eigenvalue weighted by Crippen LogP contribution is -2.14. The first-order chi connectivity index (χ1) is 15.2. The molecule has 0 bridgehead atoms. The van der Waals surface area contributed by atoms with Gasteiger partial charge in [-0.1, -0.05) is 73.3 Å². The van der Waals surface area contributed by atoms with Gasteiger partial charge in [-0.05, 0) is 36.2 Å². The third-order valence-corrected chi connectivity index (χ3v) is 5.41. The fraction of sp³-hybridized carbons (Fsp3) is 0.125. The van der Waals surface area contributed by atoms with Crippen molar-refractivity contribution in [1.82, 2.24) is 15.2 Å². The first kappa shape index (κ1) is 20.7. The van der Waals surface area contributed by atoms with Crippen molar-refractivity contribution in [2.24, 2.45) is 0 Å². The summed E-state index contributed by atoms with van der Waals surface area (Å²) < 4.78 is 5.89. The molecule has 0 aliphatic heterocycles. The Morgan fingerprint density at radius 2 is 1.74 bits per heavy atom. The molecule has 4 rings (SSSR count). The monoisotopic (exact) mass is 430 g/mol. The number of aromatic nitrogens is 3. The standard InChI is InChI=1S/C24H22N4O2S/c1-2-17-12-14-18(15-13-17)23-26-24(28-27-23)31-16-22(29)25-20-10-6-7-11-21(20)30-19-8-4-3-5-9-19/h3-15H,2,16H2,1H3,(H,25,29)(H,26,27,28). The molecule has 3 aromatic carbocycles. The highest BCUT2D eigenvalue weighted by Gasteiger charge is 2.12. The lowest BCUT2D eigenvalue weighted by Gasteiger charge is -2.11. The van der Waals surface area contributed by atoms with Gasteiger partial charge >= 0.3 is 0 Å². The van der Waals surface area contributed by atoms with Gasteiger partial charge in [0.1, 0.15) is 5.75 Å². The summed E-state index contributed by atoms with van der Waals surface area (Å²) in [7, 11) is 0. The van der Waals surface area contributed by atoms with Crippen LogP contribution >= 0.6 is 11.8 Å². The van der Waals surface area contributed by atoms with Crippen molar-refractivity contribution in [2.45, 2.75) is 18.5 Å². The minimum atomic E-state index is -0.159. The number of thioether (sulfide) groups is 1. The Kier molecular flexibility index (Phi) is 6.64. The van der Waals surface area contributed by atoms with E-state index in [1.54, 1.807) is 0 Å². The van der Waals surface area contributed by atoms with E-state index in [2.05, 4.69) is 39.6 Å². The Hall–Kier alpha value is -3.58. The van der Waals surface area contributed by atoms with Gasteiger partial charge in [0.25, 0.3) is 0 Å². The fourth-order valence-corrected chi connectivity index (χ4v) is 3.53. The number of benzene rings is 3. The molecule has 0 spiro atoms. The maximum absolute atomic E-state index is 12.5. The Morgan fingerprint density at radius 1 is 1.00 bits per heavy atom. The predicted octanol–water partition coefficient (Wildman–Crippen LogP) is 5.56. The maximum Gasteiger partial charge on any atom is 0.234 e. The molecule has 0 unspecified atom stereocenters. The van der Waals surface area contributed by atoms with Gasteiger partial charge in [0.05, 0.1) is 11.4 Å². The Labute approximate surface area is 185 Å². The van der Waals surface area contributed by atoms with Gasteiger partial charge in [-0.15, -0.1) is 5.10 Å². The van der Waals surface area contributed by atoms with Gasteiger partial charge < -0.3 is 10.1 Å². The number of anilines is 1. The number of aryl methyl sites for hydroxylation is 1. The lowest BCUT2D eigenvalue weighted by molar-refractivity contribution is -0.113. The van der Waals surface area contributed by atoms with Crippen LogP contribution < -0.4 is 10.1 Å². The van der Waals surface area contributed by atoms with Gasteiger partial charge in [-0.3, -0.25) is 9.89 Å². The second kappa shape index (κ2) is 9.95. The fourth-order valence-electron chi connectivity index (χ4n) is 2.93. The maximum atomic E-state index is 12.5. The Morgan fingerprint density at radius 3 is 2.52 bits per heavy atom. The summed E-state index contributed by atoms with van der Waals surface area (Å²) in [6.07, 6.45) is 0.992. The molecule has 1 amide bonds. The quantitative estimate of drug-likeness (QED) is 0.358. The summed E-state index contributed by atoms with van der Waals surface area (Å²) in [6, 6.07) is 25.0. The molecule has 7 heteroatoms. The van der Waals surface area contributed by atoms with Crippen LogP contribution in [0.2, 0.25) is 0 Å². The Balaban J connectivity index is 1.35. The average Bonchev–Trinajstić information content (AvgIpc) is 3.29. The molecule has 156 valence electrons. The SMILES string of the molecule is CCc1ccc(-c2nc(SCC(=O)Nc3ccccc3Oc3ccccc3)n[nH]2)cc1. The number of nitrogens with one attached hydrogen (secondary N) is 2. The van der Waals surface area contributed by atoms with Crippen molar-refractivity contribution in [3.05, 3.63) is 84.4 Å². The van der Waals surface area contributed by atoms with E-state index in [1.165, 1.54) is 17.3 Å². The smallest absolute Gasteiger partial charge is 0.234 e. The third kappa shape index (κ3) is 5.52. The number of rotatable bonds is 8. The van der Waals surface area contributed by atoms with E-state index in [1.807, 2.05) is 66.7 Å². The molecule has 0 radical (unpaired) electrons. The second-order valence-electron chi connectivity index (χ2n) is 6.77. The van der Waals surface area contributed by atoms with Gasteiger partial charge in [0, 0.05) is 5.56 Å². The van der Waals surface area contributed by atoms with E-state index in [9.17, 15) is 4.79 Å². The lowest BCUT2D eigenvalue weighted by atomic mass is 10.1. The molecular weight excluding hydrogens is 408 g/mol. The highest BCUT2D eigenvalue weighted by molar-refractivity contribution is 7.99. The van der Waals surface area contributed by atoms with Crippen molar-refractivity contribution in [3.8, 4) is 22.9 Å². The third-order valence-electron chi connectivity index (χ3n) is 4.57. The number of aromatic amines is 1. The molecule has 31 heavy (non-hydrogen) atoms. The van der Waals surface area contributed by atoms with E-state index in [-0.39, 0.29) is 11.7 Å². The van der Waals surface area contributed by atoms with Gasteiger partial charge in [-0.2, -0.15) is 0 Å². The van der Waals surface area contributed by atoms with Gasteiger partial charge in [0.15, 0.2) is 11.6 Å². The minimum Gasteiger partial charge on any atom is -0.455 e. The van der Waals surface area contributed by atoms with Crippen molar-refractivity contribution >= 4 is 23.4 Å². The van der Waals surface area contributed by atoms with Crippen molar-refractivity contribution in [3.63, 3.8) is 0 Å². The molecule has 0 saturated carbocycles. The second-order valence-corrected chi connectivity index (χ2v) is 7.71. The van der Waals surface area contributed by atoms with Crippen molar-refractivity contribution in [2.75, 3.05) is 11.1 Å². The molecule has 4 aromatic rings. The van der Waals surface area contributed by atoms with Crippen LogP contribution in [0.1, 0.15) is 12.5 Å². The summed E-state index contributed by atoms with van der Waals surface area (Å²) in [5.74, 6) is 2.01. The molecular formula is C24H22N4O2S. The highest BCUT2D eigenvalue weighted by Crippen LogP contribution is 2.29. The molecule has 2 N–H and O–H groups in total. The van der Waals surface area contributed by atoms with E-state index in [4.69, 9.17) is 4.74 Å². The zero-order chi connectivity index (χ0) is 21.5. The van der Waals surface area contributed by atoms with Crippen molar-refractivity contribution in [1.29, 1.82) is 0 Å². The van der Waals surface area contributed by atoms with Gasteiger partial charge in [-0.25, -0.2) is 4.98 Å². The topological polar surface area (TPSA) is 79.9 Å². The van der Waals surface area contributed by atoms with E-state index in [0.717, 1.165) is 12.0 Å². The van der Waals surface area contributed by atoms with E-state index in [0.29, 0.717) is 28.2 Å². The zero-order valence-corrected chi connectivity index (χ0v) is 17.9. The first-order valence-electron chi connectivity index (χ1n) is 9.97. The number of H-pyrrole nitrogens is 1. The molecule has 0 aliphatic carbocycles. The van der Waals surface area contributed by atoms with Crippen LogP contribution in [-0.4, -0.2) is 26.8 Å². The summed E-state index contributed by atoms with van der Waals surface area (Å²) >= 11 is 1.27. The summed E-state index contributed by atoms with van der Waals surface area (Å²) in [5.41, 5.74) is 2.85. The number of hydrogen-bond donors (Lipinski definition) is 2. The van der Waals surface area contributed by atoms with Crippen molar-refractivity contribution < 1.29 is 9.53 Å². The molecule has 0 atom stereocenters. The molecule has 0 fully saturated rings. The number of amides is 1. The van der Waals surface area contributed by atoms with Crippen LogP contribution in [0.4, 0.5) is 5.69 Å². The molecule has 6 nitrogen and oxygen atoms in total. The number of ether oxygens (including phenoxy) is 1. The molecule has 0 saturated heterocycles. The number of nitrogens with zero attached hydrogens (tertiary/aromatic N) is 2. The molecule has 0 aliphatic rings. The largest absolute Gasteiger partial charge is 0.455 e. The zero-order valence-electron chi connectivity index (χ0n) is 17.0. The van der Waals surface area contributed by atoms with E-state index < -0.39 is 0 Å². The highest BCUT2D eigenvalue weighted by atomic mass is 32.2. The minimum absolute atomic E-state index is 0.159. The normalized spacial score (nSPS) is 10.6. The number of hydrogen-bond acceptors (Lipinski definition) is 5. The van der Waals surface area contributed by atoms with Crippen LogP contribution in [0.5, 0.6) is 11.5 Å². The number of carbonyl (C=O) groups is 1. The Bertz CT molecular complexity index is 1140. The molecule has 1 aromatic heterocycles. The van der Waals surface area contributed by atoms with Crippen LogP contribution in [-0.2, 0) is 11.2 Å². The predicted molar refractivity (Wildman–Crippen MR) is 124 cm³/mol. The molecule has 1 heterocycles. The number of carbonyl (C=O) groups excluding carboxylic acids is 1. The summed E-state index contributed by atoms with van der Waals surface area (Å²) in [5, 5.41) is 10.6. The summed E-state index contributed by atoms with van der Waals surface area (Å²) in [6.45, 7) is 2.12. The van der Waals surface area contributed by atoms with Crippen LogP contribution in [0, 0.1) is 0 Å². The summed E-state index contributed by atoms with van der Waals surface area (Å²) in [4.78, 5) is 17.0. The first-order valence-corrected chi connectivity index (χ1v) is 11.0. The van der Waals surface area contributed by atoms with E-state index >= 15 is 0 Å². The van der Waals surface area contributed by atoms with Crippen LogP contribution in [0.25, 0.3) is 11.4 Å². The number of para-hydroxylation sites is 3. The van der Waals surface area contributed by atoms with Crippen LogP contribution in [0.3, 0.4) is 0 Å². The van der Waals surface area contributed by atoms with Crippen LogP contribution in [0.15, 0.2) is 84.0 Å². The average molecular weight is 431 g/mol. The van der Waals surface area contributed by atoms with Gasteiger partial charge in [0.2, 0.25) is 11.1 Å².